The highest BCUT2D eigenvalue weighted by Gasteiger charge is 2.47. The van der Waals surface area contributed by atoms with Crippen LogP contribution in [0.3, 0.4) is 0 Å². The predicted octanol–water partition coefficient (Wildman–Crippen LogP) is 6.56. The molecule has 0 saturated carbocycles. The molecule has 0 bridgehead atoms. The third-order valence-corrected chi connectivity index (χ3v) is 7.03. The average Bonchev–Trinajstić information content (AvgIpc) is 3.16. The van der Waals surface area contributed by atoms with E-state index in [1.807, 2.05) is 70.2 Å². The molecule has 198 valence electrons. The van der Waals surface area contributed by atoms with E-state index in [1.54, 1.807) is 24.3 Å². The minimum Gasteiger partial charge on any atom is -0.507 e. The summed E-state index contributed by atoms with van der Waals surface area (Å²) in [7, 11) is 0. The standard InChI is InChI=1S/C32H36N2O4/c1-7-33(8-2)25-16-13-23(14-17-25)29-28(30(35)24-10-9-11-27(19-24)38-20(3)4)31(36)32(37)34(29)26-15-12-21(5)22(6)18-26/h9-20,29,35H,7-8H2,1-6H3/b30-28+. The molecule has 1 atom stereocenters. The third-order valence-electron chi connectivity index (χ3n) is 7.03. The van der Waals surface area contributed by atoms with E-state index < -0.39 is 17.7 Å². The van der Waals surface area contributed by atoms with Gasteiger partial charge in [0.2, 0.25) is 0 Å². The summed E-state index contributed by atoms with van der Waals surface area (Å²) in [6.07, 6.45) is -0.0490. The van der Waals surface area contributed by atoms with Crippen LogP contribution in [0, 0.1) is 13.8 Å². The van der Waals surface area contributed by atoms with Gasteiger partial charge in [0.25, 0.3) is 11.7 Å². The molecule has 1 aliphatic rings. The van der Waals surface area contributed by atoms with Crippen LogP contribution in [0.25, 0.3) is 5.76 Å². The molecule has 1 saturated heterocycles. The lowest BCUT2D eigenvalue weighted by atomic mass is 9.94. The molecule has 1 aliphatic heterocycles. The quantitative estimate of drug-likeness (QED) is 0.210. The number of aliphatic hydroxyl groups excluding tert-OH is 1. The molecular formula is C32H36N2O4. The minimum absolute atomic E-state index is 0.0490. The van der Waals surface area contributed by atoms with Crippen molar-refractivity contribution in [2.75, 3.05) is 22.9 Å². The van der Waals surface area contributed by atoms with Crippen LogP contribution >= 0.6 is 0 Å². The van der Waals surface area contributed by atoms with Crippen LogP contribution in [-0.4, -0.2) is 36.0 Å². The Bertz CT molecular complexity index is 1370. The Balaban J connectivity index is 1.89. The summed E-state index contributed by atoms with van der Waals surface area (Å²) < 4.78 is 5.80. The topological polar surface area (TPSA) is 70.1 Å². The molecule has 0 radical (unpaired) electrons. The number of benzene rings is 3. The molecule has 6 heteroatoms. The number of ether oxygens (including phenoxy) is 1. The number of hydrogen-bond acceptors (Lipinski definition) is 5. The molecule has 1 N–H and O–H groups in total. The van der Waals surface area contributed by atoms with Crippen molar-refractivity contribution in [2.45, 2.75) is 53.7 Å². The lowest BCUT2D eigenvalue weighted by Crippen LogP contribution is -2.29. The fourth-order valence-corrected chi connectivity index (χ4v) is 4.89. The van der Waals surface area contributed by atoms with Gasteiger partial charge in [0, 0.05) is 30.0 Å². The Labute approximate surface area is 225 Å². The fraction of sp³-hybridized carbons (Fsp3) is 0.312. The monoisotopic (exact) mass is 512 g/mol. The largest absolute Gasteiger partial charge is 0.507 e. The van der Waals surface area contributed by atoms with Crippen LogP contribution < -0.4 is 14.5 Å². The maximum absolute atomic E-state index is 13.5. The summed E-state index contributed by atoms with van der Waals surface area (Å²) in [6, 6.07) is 19.8. The molecule has 38 heavy (non-hydrogen) atoms. The van der Waals surface area contributed by atoms with E-state index in [9.17, 15) is 14.7 Å². The molecule has 4 rings (SSSR count). The molecule has 0 aliphatic carbocycles. The fourth-order valence-electron chi connectivity index (χ4n) is 4.89. The van der Waals surface area contributed by atoms with Gasteiger partial charge in [0.05, 0.1) is 17.7 Å². The smallest absolute Gasteiger partial charge is 0.300 e. The van der Waals surface area contributed by atoms with Gasteiger partial charge >= 0.3 is 0 Å². The van der Waals surface area contributed by atoms with Gasteiger partial charge in [-0.05, 0) is 94.6 Å². The summed E-state index contributed by atoms with van der Waals surface area (Å²) in [4.78, 5) is 30.8. The number of ketones is 1. The summed E-state index contributed by atoms with van der Waals surface area (Å²) in [6.45, 7) is 13.8. The van der Waals surface area contributed by atoms with Crippen molar-refractivity contribution in [3.8, 4) is 5.75 Å². The van der Waals surface area contributed by atoms with Crippen molar-refractivity contribution in [1.82, 2.24) is 0 Å². The first-order chi connectivity index (χ1) is 18.2. The van der Waals surface area contributed by atoms with Crippen LogP contribution in [0.5, 0.6) is 5.75 Å². The van der Waals surface area contributed by atoms with Crippen LogP contribution in [-0.2, 0) is 9.59 Å². The lowest BCUT2D eigenvalue weighted by molar-refractivity contribution is -0.132. The van der Waals surface area contributed by atoms with Crippen LogP contribution in [0.1, 0.15) is 56.0 Å². The Kier molecular flexibility index (Phi) is 7.91. The number of hydrogen-bond donors (Lipinski definition) is 1. The van der Waals surface area contributed by atoms with Crippen molar-refractivity contribution >= 4 is 28.8 Å². The normalized spacial score (nSPS) is 16.8. The van der Waals surface area contributed by atoms with Gasteiger partial charge in [-0.15, -0.1) is 0 Å². The Hall–Kier alpha value is -4.06. The maximum atomic E-state index is 13.5. The zero-order valence-corrected chi connectivity index (χ0v) is 23.0. The number of aryl methyl sites for hydroxylation is 2. The number of nitrogens with zero attached hydrogens (tertiary/aromatic N) is 2. The first kappa shape index (κ1) is 27.0. The molecule has 1 unspecified atom stereocenters. The van der Waals surface area contributed by atoms with E-state index in [-0.39, 0.29) is 17.4 Å². The number of Topliss-reactive ketones (excluding diaryl/α,β-unsaturated/α-hetero) is 1. The average molecular weight is 513 g/mol. The van der Waals surface area contributed by atoms with Crippen molar-refractivity contribution in [1.29, 1.82) is 0 Å². The van der Waals surface area contributed by atoms with E-state index in [1.165, 1.54) is 4.90 Å². The summed E-state index contributed by atoms with van der Waals surface area (Å²) >= 11 is 0. The number of carbonyl (C=O) groups is 2. The summed E-state index contributed by atoms with van der Waals surface area (Å²) in [5, 5.41) is 11.5. The number of rotatable bonds is 8. The van der Waals surface area contributed by atoms with E-state index in [4.69, 9.17) is 4.74 Å². The number of carbonyl (C=O) groups excluding carboxylic acids is 2. The van der Waals surface area contributed by atoms with E-state index >= 15 is 0 Å². The summed E-state index contributed by atoms with van der Waals surface area (Å²) in [5.41, 5.74) is 5.00. The third kappa shape index (κ3) is 5.17. The second kappa shape index (κ2) is 11.1. The van der Waals surface area contributed by atoms with Crippen LogP contribution in [0.15, 0.2) is 72.3 Å². The Morgan fingerprint density at radius 2 is 1.63 bits per heavy atom. The number of aliphatic hydroxyl groups is 1. The van der Waals surface area contributed by atoms with Gasteiger partial charge in [-0.25, -0.2) is 0 Å². The van der Waals surface area contributed by atoms with E-state index in [0.29, 0.717) is 17.0 Å². The van der Waals surface area contributed by atoms with Gasteiger partial charge < -0.3 is 14.7 Å². The highest BCUT2D eigenvalue weighted by atomic mass is 16.5. The van der Waals surface area contributed by atoms with Gasteiger partial charge in [0.15, 0.2) is 0 Å². The van der Waals surface area contributed by atoms with Crippen molar-refractivity contribution in [2.24, 2.45) is 0 Å². The molecule has 3 aromatic carbocycles. The first-order valence-electron chi connectivity index (χ1n) is 13.2. The van der Waals surface area contributed by atoms with Crippen molar-refractivity contribution in [3.63, 3.8) is 0 Å². The van der Waals surface area contributed by atoms with E-state index in [0.717, 1.165) is 35.5 Å². The lowest BCUT2D eigenvalue weighted by Gasteiger charge is -2.27. The maximum Gasteiger partial charge on any atom is 0.300 e. The molecule has 3 aromatic rings. The van der Waals surface area contributed by atoms with Crippen molar-refractivity contribution in [3.05, 3.63) is 94.6 Å². The molecule has 0 aromatic heterocycles. The highest BCUT2D eigenvalue weighted by molar-refractivity contribution is 6.51. The summed E-state index contributed by atoms with van der Waals surface area (Å²) in [5.74, 6) is -1.02. The van der Waals surface area contributed by atoms with Crippen molar-refractivity contribution < 1.29 is 19.4 Å². The zero-order chi connectivity index (χ0) is 27.6. The van der Waals surface area contributed by atoms with Gasteiger partial charge in [-0.3, -0.25) is 14.5 Å². The number of anilines is 2. The Morgan fingerprint density at radius 3 is 2.24 bits per heavy atom. The number of amides is 1. The SMILES string of the molecule is CCN(CC)c1ccc(C2/C(=C(\O)c3cccc(OC(C)C)c3)C(=O)C(=O)N2c2ccc(C)c(C)c2)cc1. The van der Waals surface area contributed by atoms with Gasteiger partial charge in [-0.2, -0.15) is 0 Å². The van der Waals surface area contributed by atoms with Gasteiger partial charge in [0.1, 0.15) is 11.5 Å². The highest BCUT2D eigenvalue weighted by Crippen LogP contribution is 2.43. The van der Waals surface area contributed by atoms with Crippen LogP contribution in [0.2, 0.25) is 0 Å². The Morgan fingerprint density at radius 1 is 0.947 bits per heavy atom. The van der Waals surface area contributed by atoms with E-state index in [2.05, 4.69) is 18.7 Å². The molecule has 6 nitrogen and oxygen atoms in total. The molecule has 1 amide bonds. The molecular weight excluding hydrogens is 476 g/mol. The molecule has 1 fully saturated rings. The van der Waals surface area contributed by atoms with Crippen LogP contribution in [0.4, 0.5) is 11.4 Å². The first-order valence-corrected chi connectivity index (χ1v) is 13.2. The second-order valence-electron chi connectivity index (χ2n) is 9.90. The molecule has 0 spiro atoms. The predicted molar refractivity (Wildman–Crippen MR) is 153 cm³/mol. The van der Waals surface area contributed by atoms with Gasteiger partial charge in [-0.1, -0.05) is 30.3 Å². The zero-order valence-electron chi connectivity index (χ0n) is 23.0. The second-order valence-corrected chi connectivity index (χ2v) is 9.90. The molecule has 1 heterocycles. The minimum atomic E-state index is -0.780.